The Bertz CT molecular complexity index is 699. The SMILES string of the molecule is O=Cc1cc([N+](=O)[O-])ccc1-c1cnc(C(F)(F)F)nc1. The van der Waals surface area contributed by atoms with Gasteiger partial charge in [-0.05, 0) is 11.6 Å². The Labute approximate surface area is 115 Å². The van der Waals surface area contributed by atoms with Crippen LogP contribution in [0.1, 0.15) is 16.2 Å². The minimum Gasteiger partial charge on any atom is -0.298 e. The van der Waals surface area contributed by atoms with E-state index in [4.69, 9.17) is 0 Å². The van der Waals surface area contributed by atoms with E-state index in [1.165, 1.54) is 6.07 Å². The first-order valence-corrected chi connectivity index (χ1v) is 5.46. The number of nitro groups is 1. The van der Waals surface area contributed by atoms with E-state index >= 15 is 0 Å². The summed E-state index contributed by atoms with van der Waals surface area (Å²) in [6.07, 6.45) is -2.48. The van der Waals surface area contributed by atoms with Crippen molar-refractivity contribution >= 4 is 12.0 Å². The van der Waals surface area contributed by atoms with Crippen LogP contribution in [-0.2, 0) is 6.18 Å². The molecule has 0 fully saturated rings. The van der Waals surface area contributed by atoms with Crippen LogP contribution in [0.5, 0.6) is 0 Å². The number of benzene rings is 1. The Hall–Kier alpha value is -2.84. The highest BCUT2D eigenvalue weighted by Gasteiger charge is 2.34. The molecule has 2 rings (SSSR count). The fourth-order valence-electron chi connectivity index (χ4n) is 1.64. The Kier molecular flexibility index (Phi) is 3.66. The maximum atomic E-state index is 12.4. The molecule has 0 radical (unpaired) electrons. The fraction of sp³-hybridized carbons (Fsp3) is 0.0833. The number of hydrogen-bond acceptors (Lipinski definition) is 5. The highest BCUT2D eigenvalue weighted by molar-refractivity contribution is 5.88. The molecule has 0 saturated heterocycles. The van der Waals surface area contributed by atoms with E-state index in [9.17, 15) is 28.1 Å². The van der Waals surface area contributed by atoms with Gasteiger partial charge in [-0.15, -0.1) is 0 Å². The molecule has 6 nitrogen and oxygen atoms in total. The predicted molar refractivity (Wildman–Crippen MR) is 64.5 cm³/mol. The number of halogens is 3. The van der Waals surface area contributed by atoms with Crippen molar-refractivity contribution in [2.45, 2.75) is 6.18 Å². The highest BCUT2D eigenvalue weighted by Crippen LogP contribution is 2.29. The van der Waals surface area contributed by atoms with Gasteiger partial charge in [0.1, 0.15) is 0 Å². The Morgan fingerprint density at radius 3 is 2.29 bits per heavy atom. The minimum absolute atomic E-state index is 0.0347. The van der Waals surface area contributed by atoms with Crippen LogP contribution in [0, 0.1) is 10.1 Å². The highest BCUT2D eigenvalue weighted by atomic mass is 19.4. The molecule has 0 aliphatic rings. The molecule has 108 valence electrons. The molecule has 21 heavy (non-hydrogen) atoms. The molecule has 0 aliphatic heterocycles. The molecular weight excluding hydrogens is 291 g/mol. The molecule has 0 atom stereocenters. The second kappa shape index (κ2) is 5.27. The number of nitro benzene ring substituents is 1. The van der Waals surface area contributed by atoms with Gasteiger partial charge in [0.15, 0.2) is 6.29 Å². The third-order valence-electron chi connectivity index (χ3n) is 2.59. The normalized spacial score (nSPS) is 11.2. The first-order chi connectivity index (χ1) is 9.82. The summed E-state index contributed by atoms with van der Waals surface area (Å²) in [5.74, 6) is -1.30. The molecule has 0 aliphatic carbocycles. The second-order valence-corrected chi connectivity index (χ2v) is 3.94. The topological polar surface area (TPSA) is 86.0 Å². The van der Waals surface area contributed by atoms with E-state index in [0.717, 1.165) is 24.5 Å². The van der Waals surface area contributed by atoms with Crippen molar-refractivity contribution in [1.29, 1.82) is 0 Å². The van der Waals surface area contributed by atoms with Crippen LogP contribution < -0.4 is 0 Å². The van der Waals surface area contributed by atoms with Crippen LogP contribution in [0.3, 0.4) is 0 Å². The summed E-state index contributed by atoms with van der Waals surface area (Å²) in [5.41, 5.74) is 0.0329. The monoisotopic (exact) mass is 297 g/mol. The van der Waals surface area contributed by atoms with Crippen LogP contribution in [0.2, 0.25) is 0 Å². The lowest BCUT2D eigenvalue weighted by molar-refractivity contribution is -0.384. The number of aldehydes is 1. The summed E-state index contributed by atoms with van der Waals surface area (Å²) >= 11 is 0. The van der Waals surface area contributed by atoms with Gasteiger partial charge in [0, 0.05) is 35.7 Å². The van der Waals surface area contributed by atoms with Crippen LogP contribution in [0.25, 0.3) is 11.1 Å². The van der Waals surface area contributed by atoms with Crippen LogP contribution in [0.4, 0.5) is 18.9 Å². The number of nitrogens with zero attached hydrogens (tertiary/aromatic N) is 3. The third kappa shape index (κ3) is 3.02. The molecule has 2 aromatic rings. The molecule has 0 unspecified atom stereocenters. The minimum atomic E-state index is -4.67. The van der Waals surface area contributed by atoms with Crippen molar-refractivity contribution in [1.82, 2.24) is 9.97 Å². The number of non-ortho nitro benzene ring substituents is 1. The molecule has 1 aromatic carbocycles. The van der Waals surface area contributed by atoms with Gasteiger partial charge < -0.3 is 0 Å². The average molecular weight is 297 g/mol. The van der Waals surface area contributed by atoms with Gasteiger partial charge in [0.05, 0.1) is 4.92 Å². The van der Waals surface area contributed by atoms with Crippen molar-refractivity contribution in [2.24, 2.45) is 0 Å². The van der Waals surface area contributed by atoms with Crippen molar-refractivity contribution in [3.05, 3.63) is 52.1 Å². The molecule has 0 spiro atoms. The number of aromatic nitrogens is 2. The van der Waals surface area contributed by atoms with E-state index in [2.05, 4.69) is 9.97 Å². The van der Waals surface area contributed by atoms with Crippen LogP contribution in [-0.4, -0.2) is 21.2 Å². The van der Waals surface area contributed by atoms with E-state index in [0.29, 0.717) is 6.29 Å². The van der Waals surface area contributed by atoms with Gasteiger partial charge in [0.25, 0.3) is 5.69 Å². The van der Waals surface area contributed by atoms with Gasteiger partial charge in [-0.1, -0.05) is 0 Å². The molecular formula is C12H6F3N3O3. The maximum absolute atomic E-state index is 12.4. The summed E-state index contributed by atoms with van der Waals surface area (Å²) in [5, 5.41) is 10.6. The largest absolute Gasteiger partial charge is 0.451 e. The van der Waals surface area contributed by atoms with E-state index in [-0.39, 0.29) is 22.4 Å². The smallest absolute Gasteiger partial charge is 0.298 e. The van der Waals surface area contributed by atoms with E-state index < -0.39 is 16.9 Å². The van der Waals surface area contributed by atoms with Gasteiger partial charge in [-0.25, -0.2) is 9.97 Å². The number of carbonyl (C=O) groups is 1. The van der Waals surface area contributed by atoms with Gasteiger partial charge in [-0.3, -0.25) is 14.9 Å². The number of rotatable bonds is 3. The summed E-state index contributed by atoms with van der Waals surface area (Å²) in [6.45, 7) is 0. The summed E-state index contributed by atoms with van der Waals surface area (Å²) in [7, 11) is 0. The third-order valence-corrected chi connectivity index (χ3v) is 2.59. The first-order valence-electron chi connectivity index (χ1n) is 5.46. The summed E-state index contributed by atoms with van der Waals surface area (Å²) < 4.78 is 37.1. The second-order valence-electron chi connectivity index (χ2n) is 3.94. The molecule has 0 N–H and O–H groups in total. The molecule has 9 heteroatoms. The number of carbonyl (C=O) groups excluding carboxylic acids is 1. The van der Waals surface area contributed by atoms with Crippen molar-refractivity contribution in [3.8, 4) is 11.1 Å². The zero-order chi connectivity index (χ0) is 15.6. The lowest BCUT2D eigenvalue weighted by Crippen LogP contribution is -2.10. The zero-order valence-corrected chi connectivity index (χ0v) is 10.2. The van der Waals surface area contributed by atoms with Crippen LogP contribution in [0.15, 0.2) is 30.6 Å². The molecule has 0 saturated carbocycles. The van der Waals surface area contributed by atoms with Crippen molar-refractivity contribution in [3.63, 3.8) is 0 Å². The van der Waals surface area contributed by atoms with Gasteiger partial charge in [-0.2, -0.15) is 13.2 Å². The number of alkyl halides is 3. The standard InChI is InChI=1S/C12H6F3N3O3/c13-12(14,15)11-16-4-8(5-17-11)10-2-1-9(18(20)21)3-7(10)6-19/h1-6H. The van der Waals surface area contributed by atoms with E-state index in [1.54, 1.807) is 0 Å². The molecule has 1 heterocycles. The first kappa shape index (κ1) is 14.6. The van der Waals surface area contributed by atoms with Gasteiger partial charge >= 0.3 is 6.18 Å². The Morgan fingerprint density at radius 2 is 1.81 bits per heavy atom. The summed E-state index contributed by atoms with van der Waals surface area (Å²) in [4.78, 5) is 27.2. The zero-order valence-electron chi connectivity index (χ0n) is 10.2. The molecule has 0 bridgehead atoms. The van der Waals surface area contributed by atoms with Crippen molar-refractivity contribution < 1.29 is 22.9 Å². The Morgan fingerprint density at radius 1 is 1.19 bits per heavy atom. The number of hydrogen-bond donors (Lipinski definition) is 0. The lowest BCUT2D eigenvalue weighted by Gasteiger charge is -2.07. The summed E-state index contributed by atoms with van der Waals surface area (Å²) in [6, 6.07) is 3.42. The molecule has 1 aromatic heterocycles. The van der Waals surface area contributed by atoms with Crippen LogP contribution >= 0.6 is 0 Å². The van der Waals surface area contributed by atoms with E-state index in [1.807, 2.05) is 0 Å². The van der Waals surface area contributed by atoms with Crippen molar-refractivity contribution in [2.75, 3.05) is 0 Å². The fourth-order valence-corrected chi connectivity index (χ4v) is 1.64. The lowest BCUT2D eigenvalue weighted by atomic mass is 10.0. The maximum Gasteiger partial charge on any atom is 0.451 e. The van der Waals surface area contributed by atoms with Gasteiger partial charge in [0.2, 0.25) is 5.82 Å². The quantitative estimate of drug-likeness (QED) is 0.494. The average Bonchev–Trinajstić information content (AvgIpc) is 2.45. The predicted octanol–water partition coefficient (Wildman–Crippen LogP) is 2.88. The molecule has 0 amide bonds. The Balaban J connectivity index is 2.47.